The number of hydrogen-bond acceptors (Lipinski definition) is 3. The zero-order valence-electron chi connectivity index (χ0n) is 10.2. The number of nitrogens with two attached hydrogens (primary N) is 1. The molecule has 2 rings (SSSR count). The molecule has 0 aromatic heterocycles. The maximum absolute atomic E-state index is 12.6. The standard InChI is InChI=1S/C14H14ClNO2S/c15-13-9-5-4-8-12(13)14(10-16)19(17,18)11-6-2-1-3-7-11/h1-9,14H,10,16H2. The lowest BCUT2D eigenvalue weighted by atomic mass is 10.1. The summed E-state index contributed by atoms with van der Waals surface area (Å²) in [5.41, 5.74) is 6.20. The number of halogens is 1. The van der Waals surface area contributed by atoms with Crippen LogP contribution in [0.4, 0.5) is 0 Å². The van der Waals surface area contributed by atoms with E-state index in [1.807, 2.05) is 0 Å². The highest BCUT2D eigenvalue weighted by atomic mass is 35.5. The van der Waals surface area contributed by atoms with Crippen LogP contribution in [0, 0.1) is 0 Å². The van der Waals surface area contributed by atoms with Gasteiger partial charge in [-0.25, -0.2) is 8.42 Å². The largest absolute Gasteiger partial charge is 0.329 e. The Balaban J connectivity index is 2.52. The van der Waals surface area contributed by atoms with Crippen molar-refractivity contribution in [1.29, 1.82) is 0 Å². The molecule has 5 heteroatoms. The van der Waals surface area contributed by atoms with Crippen LogP contribution in [0.1, 0.15) is 10.8 Å². The average Bonchev–Trinajstić information content (AvgIpc) is 2.42. The molecule has 0 saturated heterocycles. The van der Waals surface area contributed by atoms with Gasteiger partial charge < -0.3 is 5.73 Å². The van der Waals surface area contributed by atoms with E-state index in [0.717, 1.165) is 0 Å². The summed E-state index contributed by atoms with van der Waals surface area (Å²) in [6, 6.07) is 15.1. The Morgan fingerprint density at radius 3 is 2.16 bits per heavy atom. The van der Waals surface area contributed by atoms with E-state index in [9.17, 15) is 8.42 Å². The molecule has 2 aromatic rings. The van der Waals surface area contributed by atoms with Gasteiger partial charge in [-0.2, -0.15) is 0 Å². The van der Waals surface area contributed by atoms with Crippen LogP contribution in [-0.2, 0) is 9.84 Å². The van der Waals surface area contributed by atoms with E-state index in [2.05, 4.69) is 0 Å². The van der Waals surface area contributed by atoms with Crippen molar-refractivity contribution in [2.24, 2.45) is 5.73 Å². The third-order valence-electron chi connectivity index (χ3n) is 2.91. The minimum absolute atomic E-state index is 0.0129. The van der Waals surface area contributed by atoms with Gasteiger partial charge in [-0.1, -0.05) is 48.0 Å². The molecule has 0 amide bonds. The normalized spacial score (nSPS) is 13.2. The van der Waals surface area contributed by atoms with Crippen LogP contribution in [-0.4, -0.2) is 15.0 Å². The quantitative estimate of drug-likeness (QED) is 0.943. The first-order valence-corrected chi connectivity index (χ1v) is 7.73. The second-order valence-electron chi connectivity index (χ2n) is 4.10. The smallest absolute Gasteiger partial charge is 0.186 e. The summed E-state index contributed by atoms with van der Waals surface area (Å²) in [6.45, 7) is -0.0129. The molecule has 19 heavy (non-hydrogen) atoms. The van der Waals surface area contributed by atoms with E-state index in [0.29, 0.717) is 10.6 Å². The van der Waals surface area contributed by atoms with Crippen molar-refractivity contribution in [3.8, 4) is 0 Å². The third-order valence-corrected chi connectivity index (χ3v) is 5.38. The predicted octanol–water partition coefficient (Wildman–Crippen LogP) is 2.81. The van der Waals surface area contributed by atoms with Gasteiger partial charge >= 0.3 is 0 Å². The van der Waals surface area contributed by atoms with Gasteiger partial charge in [0.05, 0.1) is 4.90 Å². The van der Waals surface area contributed by atoms with Gasteiger partial charge in [0, 0.05) is 11.6 Å². The maximum Gasteiger partial charge on any atom is 0.186 e. The van der Waals surface area contributed by atoms with Gasteiger partial charge in [-0.05, 0) is 23.8 Å². The fraction of sp³-hybridized carbons (Fsp3) is 0.143. The molecule has 100 valence electrons. The summed E-state index contributed by atoms with van der Waals surface area (Å²) in [6.07, 6.45) is 0. The van der Waals surface area contributed by atoms with Gasteiger partial charge in [-0.15, -0.1) is 0 Å². The molecule has 0 heterocycles. The van der Waals surface area contributed by atoms with Crippen molar-refractivity contribution in [2.45, 2.75) is 10.1 Å². The highest BCUT2D eigenvalue weighted by molar-refractivity contribution is 7.91. The van der Waals surface area contributed by atoms with Crippen LogP contribution in [0.25, 0.3) is 0 Å². The summed E-state index contributed by atoms with van der Waals surface area (Å²) in [7, 11) is -3.54. The summed E-state index contributed by atoms with van der Waals surface area (Å²) in [5, 5.41) is -0.416. The highest BCUT2D eigenvalue weighted by Crippen LogP contribution is 2.32. The first-order valence-electron chi connectivity index (χ1n) is 5.81. The topological polar surface area (TPSA) is 60.2 Å². The Morgan fingerprint density at radius 2 is 1.58 bits per heavy atom. The van der Waals surface area contributed by atoms with E-state index in [4.69, 9.17) is 17.3 Å². The molecule has 0 aliphatic heterocycles. The van der Waals surface area contributed by atoms with Crippen molar-refractivity contribution in [3.63, 3.8) is 0 Å². The van der Waals surface area contributed by atoms with Crippen molar-refractivity contribution >= 4 is 21.4 Å². The molecule has 3 nitrogen and oxygen atoms in total. The van der Waals surface area contributed by atoms with E-state index < -0.39 is 15.1 Å². The molecule has 0 aliphatic rings. The lowest BCUT2D eigenvalue weighted by molar-refractivity contribution is 0.582. The van der Waals surface area contributed by atoms with E-state index in [1.54, 1.807) is 54.6 Å². The molecular weight excluding hydrogens is 282 g/mol. The minimum atomic E-state index is -3.54. The molecule has 1 atom stereocenters. The highest BCUT2D eigenvalue weighted by Gasteiger charge is 2.29. The second-order valence-corrected chi connectivity index (χ2v) is 6.64. The lowest BCUT2D eigenvalue weighted by Gasteiger charge is -2.17. The number of benzene rings is 2. The van der Waals surface area contributed by atoms with Gasteiger partial charge in [0.15, 0.2) is 9.84 Å². The van der Waals surface area contributed by atoms with Crippen molar-refractivity contribution in [2.75, 3.05) is 6.54 Å². The van der Waals surface area contributed by atoms with E-state index in [-0.39, 0.29) is 11.4 Å². The molecule has 2 aromatic carbocycles. The number of hydrogen-bond donors (Lipinski definition) is 1. The van der Waals surface area contributed by atoms with Crippen LogP contribution in [0.5, 0.6) is 0 Å². The summed E-state index contributed by atoms with van der Waals surface area (Å²) >= 11 is 6.07. The summed E-state index contributed by atoms with van der Waals surface area (Å²) in [4.78, 5) is 0.255. The zero-order valence-corrected chi connectivity index (χ0v) is 11.7. The van der Waals surface area contributed by atoms with Crippen molar-refractivity contribution < 1.29 is 8.42 Å². The van der Waals surface area contributed by atoms with Gasteiger partial charge in [0.25, 0.3) is 0 Å². The molecule has 0 bridgehead atoms. The molecule has 0 fully saturated rings. The Bertz CT molecular complexity index is 656. The molecule has 0 radical (unpaired) electrons. The van der Waals surface area contributed by atoms with Crippen molar-refractivity contribution in [1.82, 2.24) is 0 Å². The van der Waals surface area contributed by atoms with Crippen LogP contribution in [0.3, 0.4) is 0 Å². The van der Waals surface area contributed by atoms with Crippen molar-refractivity contribution in [3.05, 3.63) is 65.2 Å². The predicted molar refractivity (Wildman–Crippen MR) is 76.9 cm³/mol. The summed E-state index contributed by atoms with van der Waals surface area (Å²) < 4.78 is 25.2. The first-order chi connectivity index (χ1) is 9.07. The number of rotatable bonds is 4. The fourth-order valence-electron chi connectivity index (χ4n) is 1.93. The SMILES string of the molecule is NCC(c1ccccc1Cl)S(=O)(=O)c1ccccc1. The van der Waals surface area contributed by atoms with Gasteiger partial charge in [0.1, 0.15) is 5.25 Å². The molecule has 0 saturated carbocycles. The molecule has 0 spiro atoms. The van der Waals surface area contributed by atoms with Crippen LogP contribution >= 0.6 is 11.6 Å². The average molecular weight is 296 g/mol. The van der Waals surface area contributed by atoms with Crippen LogP contribution in [0.15, 0.2) is 59.5 Å². The van der Waals surface area contributed by atoms with Crippen LogP contribution < -0.4 is 5.73 Å². The van der Waals surface area contributed by atoms with Gasteiger partial charge in [0.2, 0.25) is 0 Å². The fourth-order valence-corrected chi connectivity index (χ4v) is 3.92. The first kappa shape index (κ1) is 14.1. The third kappa shape index (κ3) is 2.81. The Labute approximate surface area is 117 Å². The summed E-state index contributed by atoms with van der Waals surface area (Å²) in [5.74, 6) is 0. The van der Waals surface area contributed by atoms with Gasteiger partial charge in [-0.3, -0.25) is 0 Å². The molecule has 2 N–H and O–H groups in total. The van der Waals surface area contributed by atoms with E-state index >= 15 is 0 Å². The van der Waals surface area contributed by atoms with Crippen LogP contribution in [0.2, 0.25) is 5.02 Å². The molecular formula is C14H14ClNO2S. The Hall–Kier alpha value is -1.36. The molecule has 1 unspecified atom stereocenters. The Morgan fingerprint density at radius 1 is 1.00 bits per heavy atom. The monoisotopic (exact) mass is 295 g/mol. The molecule has 0 aliphatic carbocycles. The zero-order chi connectivity index (χ0) is 13.9. The lowest BCUT2D eigenvalue weighted by Crippen LogP contribution is -2.22. The minimum Gasteiger partial charge on any atom is -0.329 e. The number of sulfone groups is 1. The second kappa shape index (κ2) is 5.74. The Kier molecular flexibility index (Phi) is 4.24. The maximum atomic E-state index is 12.6. The van der Waals surface area contributed by atoms with E-state index in [1.165, 1.54) is 0 Å².